The van der Waals surface area contributed by atoms with E-state index in [2.05, 4.69) is 25.5 Å². The molecule has 0 aliphatic carbocycles. The van der Waals surface area contributed by atoms with Gasteiger partial charge in [0.15, 0.2) is 5.82 Å². The Labute approximate surface area is 45.0 Å². The average Bonchev–Trinajstić information content (AvgIpc) is 2.19. The molecule has 1 aromatic rings. The zero-order valence-electron chi connectivity index (χ0n) is 4.03. The van der Waals surface area contributed by atoms with Crippen molar-refractivity contribution in [1.82, 2.24) is 20.6 Å². The Kier molecular flexibility index (Phi) is 1.50. The normalized spacial score (nSPS) is 9.62. The number of hydrogen-bond donors (Lipinski definition) is 2. The lowest BCUT2D eigenvalue weighted by molar-refractivity contribution is 0.118. The first-order valence-electron chi connectivity index (χ1n) is 1.98. The maximum atomic E-state index is 4.70. The van der Waals surface area contributed by atoms with Gasteiger partial charge in [0.2, 0.25) is 0 Å². The number of nitrogens with two attached hydrogens (primary N) is 1. The molecule has 0 radical (unpaired) electrons. The van der Waals surface area contributed by atoms with Crippen molar-refractivity contribution < 1.29 is 4.84 Å². The molecule has 0 atom stereocenters. The van der Waals surface area contributed by atoms with Gasteiger partial charge in [0.05, 0.1) is 0 Å². The summed E-state index contributed by atoms with van der Waals surface area (Å²) in [5, 5.41) is 12.5. The highest BCUT2D eigenvalue weighted by Crippen LogP contribution is 1.80. The van der Waals surface area contributed by atoms with E-state index in [4.69, 9.17) is 5.90 Å². The van der Waals surface area contributed by atoms with Gasteiger partial charge in [0.25, 0.3) is 0 Å². The zero-order valence-corrected chi connectivity index (χ0v) is 4.03. The Balaban J connectivity index is 2.50. The van der Waals surface area contributed by atoms with Crippen LogP contribution in [-0.4, -0.2) is 20.6 Å². The van der Waals surface area contributed by atoms with E-state index in [1.165, 1.54) is 0 Å². The van der Waals surface area contributed by atoms with Gasteiger partial charge in [-0.1, -0.05) is 0 Å². The van der Waals surface area contributed by atoms with Crippen molar-refractivity contribution in [2.75, 3.05) is 0 Å². The van der Waals surface area contributed by atoms with Gasteiger partial charge < -0.3 is 0 Å². The van der Waals surface area contributed by atoms with E-state index >= 15 is 0 Å². The molecule has 0 amide bonds. The summed E-state index contributed by atoms with van der Waals surface area (Å²) in [6.07, 6.45) is 0. The third-order valence-electron chi connectivity index (χ3n) is 0.609. The summed E-state index contributed by atoms with van der Waals surface area (Å²) in [5.74, 6) is 5.22. The maximum absolute atomic E-state index is 4.70. The minimum Gasteiger partial charge on any atom is -0.296 e. The van der Waals surface area contributed by atoms with Gasteiger partial charge in [0.1, 0.15) is 6.61 Å². The highest BCUT2D eigenvalue weighted by Gasteiger charge is 1.91. The summed E-state index contributed by atoms with van der Waals surface area (Å²) < 4.78 is 0. The van der Waals surface area contributed by atoms with Gasteiger partial charge in [-0.2, -0.15) is 0 Å². The number of tetrazole rings is 1. The molecule has 0 aromatic carbocycles. The summed E-state index contributed by atoms with van der Waals surface area (Å²) in [6.45, 7) is 0.215. The van der Waals surface area contributed by atoms with E-state index in [0.29, 0.717) is 5.82 Å². The molecule has 1 aromatic heterocycles. The minimum atomic E-state index is 0.215. The SMILES string of the molecule is NOCc1nnn[nH]1. The molecule has 1 heterocycles. The largest absolute Gasteiger partial charge is 0.296 e. The molecule has 0 unspecified atom stereocenters. The minimum absolute atomic E-state index is 0.215. The van der Waals surface area contributed by atoms with Crippen LogP contribution in [0.15, 0.2) is 0 Å². The number of nitrogens with zero attached hydrogens (tertiary/aromatic N) is 3. The zero-order chi connectivity index (χ0) is 5.82. The maximum Gasteiger partial charge on any atom is 0.176 e. The number of aromatic nitrogens is 4. The second-order valence-electron chi connectivity index (χ2n) is 1.16. The molecule has 0 fully saturated rings. The molecule has 3 N–H and O–H groups in total. The van der Waals surface area contributed by atoms with Crippen LogP contribution >= 0.6 is 0 Å². The van der Waals surface area contributed by atoms with E-state index in [9.17, 15) is 0 Å². The van der Waals surface area contributed by atoms with Gasteiger partial charge in [0, 0.05) is 0 Å². The summed E-state index contributed by atoms with van der Waals surface area (Å²) in [7, 11) is 0. The van der Waals surface area contributed by atoms with E-state index in [1.807, 2.05) is 0 Å². The van der Waals surface area contributed by atoms with Gasteiger partial charge in [-0.15, -0.1) is 5.10 Å². The Bertz CT molecular complexity index is 136. The van der Waals surface area contributed by atoms with E-state index in [0.717, 1.165) is 0 Å². The smallest absolute Gasteiger partial charge is 0.176 e. The van der Waals surface area contributed by atoms with Crippen molar-refractivity contribution in [3.8, 4) is 0 Å². The first-order chi connectivity index (χ1) is 3.93. The molecule has 0 spiro atoms. The topological polar surface area (TPSA) is 89.7 Å². The summed E-state index contributed by atoms with van der Waals surface area (Å²) >= 11 is 0. The average molecular weight is 115 g/mol. The quantitative estimate of drug-likeness (QED) is 0.462. The Morgan fingerprint density at radius 2 is 2.62 bits per heavy atom. The van der Waals surface area contributed by atoms with Crippen LogP contribution in [-0.2, 0) is 11.4 Å². The van der Waals surface area contributed by atoms with E-state index in [-0.39, 0.29) is 6.61 Å². The standard InChI is InChI=1S/C2H5N5O/c3-8-1-2-4-6-7-5-2/h1,3H2,(H,4,5,6,7). The molecule has 0 saturated carbocycles. The van der Waals surface area contributed by atoms with Crippen LogP contribution in [0.25, 0.3) is 0 Å². The summed E-state index contributed by atoms with van der Waals surface area (Å²) in [6, 6.07) is 0. The molecule has 1 rings (SSSR count). The molecule has 0 saturated heterocycles. The highest BCUT2D eigenvalue weighted by atomic mass is 16.6. The van der Waals surface area contributed by atoms with E-state index in [1.54, 1.807) is 0 Å². The lowest BCUT2D eigenvalue weighted by Crippen LogP contribution is -2.00. The predicted octanol–water partition coefficient (Wildman–Crippen LogP) is -1.41. The monoisotopic (exact) mass is 115 g/mol. The lowest BCUT2D eigenvalue weighted by atomic mass is 10.7. The molecular weight excluding hydrogens is 110 g/mol. The molecule has 8 heavy (non-hydrogen) atoms. The Morgan fingerprint density at radius 3 is 3.12 bits per heavy atom. The van der Waals surface area contributed by atoms with Crippen molar-refractivity contribution in [3.63, 3.8) is 0 Å². The fourth-order valence-corrected chi connectivity index (χ4v) is 0.319. The van der Waals surface area contributed by atoms with Crippen LogP contribution in [0.1, 0.15) is 5.82 Å². The molecule has 0 aliphatic heterocycles. The number of hydrogen-bond acceptors (Lipinski definition) is 5. The number of nitrogens with one attached hydrogen (secondary N) is 1. The van der Waals surface area contributed by atoms with Crippen molar-refractivity contribution in [3.05, 3.63) is 5.82 Å². The number of rotatable bonds is 2. The van der Waals surface area contributed by atoms with Gasteiger partial charge >= 0.3 is 0 Å². The molecule has 0 aliphatic rings. The molecule has 6 nitrogen and oxygen atoms in total. The molecule has 0 bridgehead atoms. The second-order valence-corrected chi connectivity index (χ2v) is 1.16. The first-order valence-corrected chi connectivity index (χ1v) is 1.98. The highest BCUT2D eigenvalue weighted by molar-refractivity contribution is 4.68. The fraction of sp³-hybridized carbons (Fsp3) is 0.500. The van der Waals surface area contributed by atoms with Crippen molar-refractivity contribution in [1.29, 1.82) is 0 Å². The van der Waals surface area contributed by atoms with Crippen LogP contribution in [0, 0.1) is 0 Å². The van der Waals surface area contributed by atoms with Gasteiger partial charge in [-0.3, -0.25) is 4.84 Å². The Hall–Kier alpha value is -1.01. The van der Waals surface area contributed by atoms with Crippen LogP contribution < -0.4 is 5.90 Å². The van der Waals surface area contributed by atoms with Gasteiger partial charge in [-0.05, 0) is 10.4 Å². The Morgan fingerprint density at radius 1 is 1.75 bits per heavy atom. The molecule has 6 heteroatoms. The number of H-pyrrole nitrogens is 1. The third kappa shape index (κ3) is 0.983. The van der Waals surface area contributed by atoms with E-state index < -0.39 is 0 Å². The van der Waals surface area contributed by atoms with Gasteiger partial charge in [-0.25, -0.2) is 11.0 Å². The van der Waals surface area contributed by atoms with Crippen molar-refractivity contribution in [2.45, 2.75) is 6.61 Å². The third-order valence-corrected chi connectivity index (χ3v) is 0.609. The van der Waals surface area contributed by atoms with Crippen LogP contribution in [0.5, 0.6) is 0 Å². The fourth-order valence-electron chi connectivity index (χ4n) is 0.319. The lowest BCUT2D eigenvalue weighted by Gasteiger charge is -1.85. The predicted molar refractivity (Wildman–Crippen MR) is 23.2 cm³/mol. The molecule has 44 valence electrons. The summed E-state index contributed by atoms with van der Waals surface area (Å²) in [5.41, 5.74) is 0. The summed E-state index contributed by atoms with van der Waals surface area (Å²) in [4.78, 5) is 4.21. The second kappa shape index (κ2) is 2.34. The van der Waals surface area contributed by atoms with Crippen LogP contribution in [0.3, 0.4) is 0 Å². The van der Waals surface area contributed by atoms with Crippen molar-refractivity contribution >= 4 is 0 Å². The van der Waals surface area contributed by atoms with Crippen molar-refractivity contribution in [2.24, 2.45) is 5.90 Å². The van der Waals surface area contributed by atoms with Crippen LogP contribution in [0.2, 0.25) is 0 Å². The number of aromatic amines is 1. The van der Waals surface area contributed by atoms with Crippen LogP contribution in [0.4, 0.5) is 0 Å². The first kappa shape index (κ1) is 5.13. The molecular formula is C2H5N5O.